The van der Waals surface area contributed by atoms with E-state index in [1.807, 2.05) is 20.9 Å². The molecule has 5 rings (SSSR count). The largest absolute Gasteiger partial charge is 0.389 e. The maximum absolute atomic E-state index is 4.62. The first kappa shape index (κ1) is 45.3. The summed E-state index contributed by atoms with van der Waals surface area (Å²) in [5.74, 6) is 0. The second-order valence-electron chi connectivity index (χ2n) is 14.5. The molecule has 2 aliphatic heterocycles. The number of nitrogens with zero attached hydrogens (tertiary/aromatic N) is 1. The number of unbranched alkanes of at least 4 members (excludes halogenated alkanes) is 2. The van der Waals surface area contributed by atoms with Gasteiger partial charge in [0.05, 0.1) is 6.04 Å². The van der Waals surface area contributed by atoms with Gasteiger partial charge in [0.1, 0.15) is 0 Å². The number of rotatable bonds is 23. The summed E-state index contributed by atoms with van der Waals surface area (Å²) in [6.45, 7) is 30.9. The van der Waals surface area contributed by atoms with Gasteiger partial charge in [-0.05, 0) is 68.8 Å². The summed E-state index contributed by atoms with van der Waals surface area (Å²) in [7, 11) is 6.65. The standard InChI is InChI=1S/C41H52B2N4.C5H13N.C2H6/c1-6-7-24-44-30(2)21-25-45-32(4)41(46-31(3)35-15-17-39-37(27-35)19-22-42-39)14-11-26-47(29-34-12-9-8-10-13-34)33(5)36-16-18-40-38(28-36)20-23-43-40;1-3-4-5-6-2;1-2/h8-10,12-13,15-18,27-28,41,44-46H,2-7,11,14,19-26,29H2,1H3;6H,3-5H2,1-2H3;1-2H3/t41-;;/m0../s1. The molecule has 0 spiro atoms. The van der Waals surface area contributed by atoms with Crippen molar-refractivity contribution in [2.45, 2.75) is 111 Å². The molecule has 294 valence electrons. The fourth-order valence-electron chi connectivity index (χ4n) is 6.97. The normalized spacial score (nSPS) is 12.5. The van der Waals surface area contributed by atoms with E-state index < -0.39 is 0 Å². The van der Waals surface area contributed by atoms with Crippen LogP contribution in [0.5, 0.6) is 0 Å². The van der Waals surface area contributed by atoms with E-state index in [0.29, 0.717) is 0 Å². The van der Waals surface area contributed by atoms with Crippen molar-refractivity contribution in [1.29, 1.82) is 0 Å². The van der Waals surface area contributed by atoms with Crippen molar-refractivity contribution in [2.75, 3.05) is 33.2 Å². The van der Waals surface area contributed by atoms with Crippen molar-refractivity contribution in [3.05, 3.63) is 132 Å². The zero-order valence-corrected chi connectivity index (χ0v) is 35.2. The Kier molecular flexibility index (Phi) is 21.3. The molecule has 0 bridgehead atoms. The quantitative estimate of drug-likeness (QED) is 0.0580. The smallest absolute Gasteiger partial charge is 0.152 e. The van der Waals surface area contributed by atoms with E-state index >= 15 is 0 Å². The van der Waals surface area contributed by atoms with Gasteiger partial charge in [0, 0.05) is 55.4 Å². The number of nitrogens with one attached hydrogen (secondary N) is 4. The van der Waals surface area contributed by atoms with Crippen LogP contribution in [0.1, 0.15) is 100 Å². The predicted octanol–water partition coefficient (Wildman–Crippen LogP) is 8.61. The molecule has 2 heterocycles. The summed E-state index contributed by atoms with van der Waals surface area (Å²) in [6, 6.07) is 24.3. The highest BCUT2D eigenvalue weighted by Gasteiger charge is 2.19. The minimum atomic E-state index is 0.0333. The van der Waals surface area contributed by atoms with E-state index in [0.717, 1.165) is 112 Å². The van der Waals surface area contributed by atoms with E-state index in [1.165, 1.54) is 52.4 Å². The monoisotopic (exact) mass is 740 g/mol. The van der Waals surface area contributed by atoms with Crippen molar-refractivity contribution < 1.29 is 0 Å². The molecule has 7 heteroatoms. The van der Waals surface area contributed by atoms with Crippen molar-refractivity contribution in [3.8, 4) is 0 Å². The Hall–Kier alpha value is -4.09. The van der Waals surface area contributed by atoms with Crippen molar-refractivity contribution in [1.82, 2.24) is 26.2 Å². The third kappa shape index (κ3) is 15.5. The van der Waals surface area contributed by atoms with Gasteiger partial charge in [-0.1, -0.05) is 168 Å². The van der Waals surface area contributed by atoms with E-state index in [9.17, 15) is 0 Å². The molecule has 0 unspecified atom stereocenters. The van der Waals surface area contributed by atoms with Crippen LogP contribution in [0.3, 0.4) is 0 Å². The van der Waals surface area contributed by atoms with Gasteiger partial charge in [-0.3, -0.25) is 0 Å². The van der Waals surface area contributed by atoms with Crippen molar-refractivity contribution in [2.24, 2.45) is 0 Å². The maximum Gasteiger partial charge on any atom is 0.152 e. The minimum Gasteiger partial charge on any atom is -0.389 e. The zero-order chi connectivity index (χ0) is 39.8. The molecule has 4 N–H and O–H groups in total. The van der Waals surface area contributed by atoms with Gasteiger partial charge in [-0.15, -0.1) is 0 Å². The van der Waals surface area contributed by atoms with Crippen LogP contribution in [0.25, 0.3) is 11.4 Å². The van der Waals surface area contributed by atoms with E-state index in [4.69, 9.17) is 0 Å². The fraction of sp³-hybridized carbons (Fsp3) is 0.458. The summed E-state index contributed by atoms with van der Waals surface area (Å²) >= 11 is 0. The molecule has 2 radical (unpaired) electrons. The van der Waals surface area contributed by atoms with Crippen LogP contribution in [-0.4, -0.2) is 58.7 Å². The average Bonchev–Trinajstić information content (AvgIpc) is 3.90. The van der Waals surface area contributed by atoms with E-state index in [2.05, 4.69) is 148 Å². The maximum atomic E-state index is 4.62. The van der Waals surface area contributed by atoms with Gasteiger partial charge in [0.2, 0.25) is 0 Å². The highest BCUT2D eigenvalue weighted by molar-refractivity contribution is 6.56. The molecule has 0 fully saturated rings. The van der Waals surface area contributed by atoms with Crippen LogP contribution in [-0.2, 0) is 19.4 Å². The average molecular weight is 740 g/mol. The van der Waals surface area contributed by atoms with Gasteiger partial charge in [-0.2, -0.15) is 0 Å². The van der Waals surface area contributed by atoms with Gasteiger partial charge >= 0.3 is 0 Å². The number of aryl methyl sites for hydroxylation is 2. The Balaban J connectivity index is 0.000000926. The zero-order valence-electron chi connectivity index (χ0n) is 35.2. The molecule has 3 aromatic rings. The van der Waals surface area contributed by atoms with Crippen LogP contribution < -0.4 is 32.2 Å². The second-order valence-corrected chi connectivity index (χ2v) is 14.5. The topological polar surface area (TPSA) is 51.4 Å². The SMILES string of the molecule is C=C(CCNC(=C)[C@H](CCCN(Cc1ccccc1)C(=C)c1ccc2c(c1)CC[B]2)NC(=C)c1ccc2c(c1)CC[B]2)NCCCC.CC.CCCCNC. The molecular weight excluding hydrogens is 668 g/mol. The summed E-state index contributed by atoms with van der Waals surface area (Å²) in [4.78, 5) is 2.45. The van der Waals surface area contributed by atoms with Crippen molar-refractivity contribution in [3.63, 3.8) is 0 Å². The first-order chi connectivity index (χ1) is 26.8. The highest BCUT2D eigenvalue weighted by Crippen LogP contribution is 2.24. The van der Waals surface area contributed by atoms with Crippen LogP contribution in [0.2, 0.25) is 12.6 Å². The lowest BCUT2D eigenvalue weighted by Gasteiger charge is -2.30. The van der Waals surface area contributed by atoms with Crippen LogP contribution in [0.4, 0.5) is 0 Å². The van der Waals surface area contributed by atoms with Gasteiger partial charge < -0.3 is 26.2 Å². The summed E-state index contributed by atoms with van der Waals surface area (Å²) < 4.78 is 0. The molecule has 0 saturated carbocycles. The molecule has 55 heavy (non-hydrogen) atoms. The number of benzene rings is 3. The Bertz CT molecular complexity index is 1610. The van der Waals surface area contributed by atoms with Crippen molar-refractivity contribution >= 4 is 36.9 Å². The molecule has 1 atom stereocenters. The third-order valence-corrected chi connectivity index (χ3v) is 10.3. The Morgan fingerprint density at radius 3 is 1.98 bits per heavy atom. The Morgan fingerprint density at radius 1 is 0.745 bits per heavy atom. The molecule has 5 nitrogen and oxygen atoms in total. The molecule has 0 saturated heterocycles. The molecule has 0 aromatic heterocycles. The molecule has 0 amide bonds. The Labute approximate surface area is 338 Å². The lowest BCUT2D eigenvalue weighted by Crippen LogP contribution is -2.36. The number of hydrogen-bond acceptors (Lipinski definition) is 5. The molecule has 0 aliphatic carbocycles. The van der Waals surface area contributed by atoms with E-state index in [-0.39, 0.29) is 6.04 Å². The summed E-state index contributed by atoms with van der Waals surface area (Å²) in [5.41, 5.74) is 13.3. The highest BCUT2D eigenvalue weighted by atomic mass is 15.1. The fourth-order valence-corrected chi connectivity index (χ4v) is 6.97. The van der Waals surface area contributed by atoms with Gasteiger partial charge in [-0.25, -0.2) is 0 Å². The molecule has 3 aromatic carbocycles. The predicted molar refractivity (Wildman–Crippen MR) is 246 cm³/mol. The van der Waals surface area contributed by atoms with Gasteiger partial charge in [0.25, 0.3) is 0 Å². The number of fused-ring (bicyclic) bond motifs is 2. The van der Waals surface area contributed by atoms with Gasteiger partial charge in [0.15, 0.2) is 14.6 Å². The summed E-state index contributed by atoms with van der Waals surface area (Å²) in [5, 5.41) is 13.9. The molecular formula is C48H71B2N5. The third-order valence-electron chi connectivity index (χ3n) is 10.3. The lowest BCUT2D eigenvalue weighted by molar-refractivity contribution is 0.370. The second kappa shape index (κ2) is 25.9. The Morgan fingerprint density at radius 2 is 1.36 bits per heavy atom. The lowest BCUT2D eigenvalue weighted by atomic mass is 9.72. The first-order valence-electron chi connectivity index (χ1n) is 21.2. The first-order valence-corrected chi connectivity index (χ1v) is 21.2. The van der Waals surface area contributed by atoms with Crippen LogP contribution in [0.15, 0.2) is 104 Å². The van der Waals surface area contributed by atoms with Crippen LogP contribution in [0, 0.1) is 0 Å². The molecule has 2 aliphatic rings. The number of hydrogen-bond donors (Lipinski definition) is 4. The minimum absolute atomic E-state index is 0.0333. The van der Waals surface area contributed by atoms with Crippen LogP contribution >= 0.6 is 0 Å². The van der Waals surface area contributed by atoms with E-state index in [1.54, 1.807) is 0 Å². The summed E-state index contributed by atoms with van der Waals surface area (Å²) in [6.07, 6.45) is 12.2.